The number of amides is 1. The summed E-state index contributed by atoms with van der Waals surface area (Å²) < 4.78 is 11.8. The number of piperidine rings is 1. The zero-order valence-corrected chi connectivity index (χ0v) is 18.9. The lowest BCUT2D eigenvalue weighted by molar-refractivity contribution is -0.150. The molecule has 0 radical (unpaired) electrons. The van der Waals surface area contributed by atoms with Crippen molar-refractivity contribution in [2.45, 2.75) is 51.0 Å². The summed E-state index contributed by atoms with van der Waals surface area (Å²) in [5, 5.41) is 0. The summed E-state index contributed by atoms with van der Waals surface area (Å²) in [7, 11) is 0. The molecule has 5 rings (SSSR count). The largest absolute Gasteiger partial charge is 0.381 e. The number of benzene rings is 1. The first-order valence-electron chi connectivity index (χ1n) is 12.1. The molecule has 1 atom stereocenters. The number of hydrogen-bond donors (Lipinski definition) is 0. The summed E-state index contributed by atoms with van der Waals surface area (Å²) in [6, 6.07) is 16.5. The Kier molecular flexibility index (Phi) is 6.29. The van der Waals surface area contributed by atoms with E-state index in [4.69, 9.17) is 9.47 Å². The van der Waals surface area contributed by atoms with Crippen LogP contribution in [0.2, 0.25) is 0 Å². The molecule has 5 nitrogen and oxygen atoms in total. The smallest absolute Gasteiger partial charge is 0.229 e. The summed E-state index contributed by atoms with van der Waals surface area (Å²) in [4.78, 5) is 20.4. The highest BCUT2D eigenvalue weighted by Gasteiger charge is 2.47. The van der Waals surface area contributed by atoms with Crippen LogP contribution in [0.1, 0.15) is 43.4 Å². The van der Waals surface area contributed by atoms with Crippen LogP contribution in [0, 0.1) is 10.8 Å². The summed E-state index contributed by atoms with van der Waals surface area (Å²) in [6.45, 7) is 3.86. The van der Waals surface area contributed by atoms with Crippen molar-refractivity contribution < 1.29 is 14.3 Å². The molecular formula is C27H34N2O3. The second-order valence-electron chi connectivity index (χ2n) is 10.0. The Morgan fingerprint density at radius 2 is 1.75 bits per heavy atom. The lowest BCUT2D eigenvalue weighted by Gasteiger charge is -2.44. The summed E-state index contributed by atoms with van der Waals surface area (Å²) >= 11 is 0. The van der Waals surface area contributed by atoms with Crippen molar-refractivity contribution in [3.05, 3.63) is 66.0 Å². The summed E-state index contributed by atoms with van der Waals surface area (Å²) in [6.07, 6.45) is 8.57. The van der Waals surface area contributed by atoms with E-state index in [9.17, 15) is 4.79 Å². The first kappa shape index (κ1) is 21.6. The topological polar surface area (TPSA) is 51.7 Å². The molecule has 0 saturated carbocycles. The van der Waals surface area contributed by atoms with E-state index in [-0.39, 0.29) is 16.9 Å². The first-order valence-corrected chi connectivity index (χ1v) is 12.1. The molecule has 0 aliphatic carbocycles. The standard InChI is InChI=1S/C27H34N2O3/c30-25(27(11-16-31-17-12-27)19-22-6-2-1-3-7-22)29-14-9-26(10-15-29)20-24(32-21-26)18-23-8-4-5-13-28-23/h1-8,13,24H,9-12,14-21H2. The molecule has 3 saturated heterocycles. The monoisotopic (exact) mass is 434 g/mol. The van der Waals surface area contributed by atoms with E-state index >= 15 is 0 Å². The Morgan fingerprint density at radius 1 is 1.00 bits per heavy atom. The number of nitrogens with zero attached hydrogens (tertiary/aromatic N) is 2. The second kappa shape index (κ2) is 9.32. The molecule has 0 N–H and O–H groups in total. The highest BCUT2D eigenvalue weighted by atomic mass is 16.5. The fourth-order valence-electron chi connectivity index (χ4n) is 5.86. The lowest BCUT2D eigenvalue weighted by Crippen LogP contribution is -2.52. The van der Waals surface area contributed by atoms with Gasteiger partial charge >= 0.3 is 0 Å². The van der Waals surface area contributed by atoms with Crippen LogP contribution in [-0.2, 0) is 27.1 Å². The van der Waals surface area contributed by atoms with Crippen LogP contribution in [-0.4, -0.2) is 54.8 Å². The van der Waals surface area contributed by atoms with Crippen molar-refractivity contribution in [2.24, 2.45) is 10.8 Å². The number of pyridine rings is 1. The molecule has 3 fully saturated rings. The Balaban J connectivity index is 1.21. The van der Waals surface area contributed by atoms with Gasteiger partial charge in [0.05, 0.1) is 18.1 Å². The molecule has 4 heterocycles. The highest BCUT2D eigenvalue weighted by molar-refractivity contribution is 5.83. The van der Waals surface area contributed by atoms with Gasteiger partial charge < -0.3 is 14.4 Å². The first-order chi connectivity index (χ1) is 15.7. The van der Waals surface area contributed by atoms with Gasteiger partial charge in [0.15, 0.2) is 0 Å². The molecule has 3 aliphatic heterocycles. The molecule has 1 unspecified atom stereocenters. The molecule has 1 aromatic heterocycles. The third-order valence-electron chi connectivity index (χ3n) is 7.85. The number of ether oxygens (including phenoxy) is 2. The van der Waals surface area contributed by atoms with Crippen molar-refractivity contribution in [1.29, 1.82) is 0 Å². The SMILES string of the molecule is O=C(N1CCC2(CC1)COC(Cc1ccccn1)C2)C1(Cc2ccccc2)CCOCC1. The Labute approximate surface area is 191 Å². The van der Waals surface area contributed by atoms with Gasteiger partial charge in [0.2, 0.25) is 5.91 Å². The Morgan fingerprint density at radius 3 is 2.47 bits per heavy atom. The number of hydrogen-bond acceptors (Lipinski definition) is 4. The van der Waals surface area contributed by atoms with E-state index in [1.54, 1.807) is 0 Å². The number of carbonyl (C=O) groups excluding carboxylic acids is 1. The third-order valence-corrected chi connectivity index (χ3v) is 7.85. The predicted octanol–water partition coefficient (Wildman–Crippen LogP) is 4.06. The van der Waals surface area contributed by atoms with Crippen molar-refractivity contribution in [3.63, 3.8) is 0 Å². The normalized spacial score (nSPS) is 24.5. The van der Waals surface area contributed by atoms with Gasteiger partial charge in [0.25, 0.3) is 0 Å². The van der Waals surface area contributed by atoms with E-state index in [1.807, 2.05) is 24.4 Å². The van der Waals surface area contributed by atoms with Gasteiger partial charge in [-0.1, -0.05) is 36.4 Å². The lowest BCUT2D eigenvalue weighted by atomic mass is 9.72. The van der Waals surface area contributed by atoms with Gasteiger partial charge in [-0.2, -0.15) is 0 Å². The average molecular weight is 435 g/mol. The molecule has 3 aliphatic rings. The molecule has 5 heteroatoms. The Bertz CT molecular complexity index is 888. The fourth-order valence-corrected chi connectivity index (χ4v) is 5.86. The average Bonchev–Trinajstić information content (AvgIpc) is 3.22. The van der Waals surface area contributed by atoms with Crippen LogP contribution in [0.3, 0.4) is 0 Å². The minimum Gasteiger partial charge on any atom is -0.381 e. The van der Waals surface area contributed by atoms with Crippen molar-refractivity contribution >= 4 is 5.91 Å². The van der Waals surface area contributed by atoms with E-state index in [0.29, 0.717) is 19.1 Å². The van der Waals surface area contributed by atoms with Crippen LogP contribution in [0.5, 0.6) is 0 Å². The summed E-state index contributed by atoms with van der Waals surface area (Å²) in [5.74, 6) is 0.337. The maximum atomic E-state index is 13.8. The summed E-state index contributed by atoms with van der Waals surface area (Å²) in [5.41, 5.74) is 2.25. The molecular weight excluding hydrogens is 400 g/mol. The minimum absolute atomic E-state index is 0.221. The van der Waals surface area contributed by atoms with Gasteiger partial charge in [-0.15, -0.1) is 0 Å². The van der Waals surface area contributed by atoms with Crippen molar-refractivity contribution in [3.8, 4) is 0 Å². The van der Waals surface area contributed by atoms with Gasteiger partial charge in [-0.3, -0.25) is 9.78 Å². The van der Waals surface area contributed by atoms with E-state index in [0.717, 1.165) is 70.3 Å². The highest BCUT2D eigenvalue weighted by Crippen LogP contribution is 2.44. The van der Waals surface area contributed by atoms with Crippen molar-refractivity contribution in [2.75, 3.05) is 32.9 Å². The maximum Gasteiger partial charge on any atom is 0.229 e. The minimum atomic E-state index is -0.322. The van der Waals surface area contributed by atoms with E-state index in [1.165, 1.54) is 5.56 Å². The van der Waals surface area contributed by atoms with E-state index in [2.05, 4.69) is 40.2 Å². The predicted molar refractivity (Wildman–Crippen MR) is 123 cm³/mol. The number of likely N-dealkylation sites (tertiary alicyclic amines) is 1. The van der Waals surface area contributed by atoms with Crippen LogP contribution < -0.4 is 0 Å². The maximum absolute atomic E-state index is 13.8. The van der Waals surface area contributed by atoms with Crippen LogP contribution in [0.15, 0.2) is 54.7 Å². The molecule has 1 amide bonds. The Hall–Kier alpha value is -2.24. The fraction of sp³-hybridized carbons (Fsp3) is 0.556. The number of aromatic nitrogens is 1. The van der Waals surface area contributed by atoms with Gasteiger partial charge in [0.1, 0.15) is 0 Å². The zero-order chi connectivity index (χ0) is 21.9. The molecule has 32 heavy (non-hydrogen) atoms. The zero-order valence-electron chi connectivity index (χ0n) is 18.9. The molecule has 2 aromatic rings. The van der Waals surface area contributed by atoms with E-state index < -0.39 is 0 Å². The molecule has 1 aromatic carbocycles. The molecule has 1 spiro atoms. The van der Waals surface area contributed by atoms with Gasteiger partial charge in [-0.25, -0.2) is 0 Å². The van der Waals surface area contributed by atoms with Crippen molar-refractivity contribution in [1.82, 2.24) is 9.88 Å². The third kappa shape index (κ3) is 4.60. The second-order valence-corrected chi connectivity index (χ2v) is 10.0. The molecule has 0 bridgehead atoms. The molecule has 170 valence electrons. The quantitative estimate of drug-likeness (QED) is 0.712. The van der Waals surface area contributed by atoms with Gasteiger partial charge in [-0.05, 0) is 61.6 Å². The number of carbonyl (C=O) groups is 1. The van der Waals surface area contributed by atoms with Crippen LogP contribution in [0.4, 0.5) is 0 Å². The van der Waals surface area contributed by atoms with Crippen LogP contribution >= 0.6 is 0 Å². The van der Waals surface area contributed by atoms with Crippen LogP contribution in [0.25, 0.3) is 0 Å². The number of rotatable bonds is 5. The van der Waals surface area contributed by atoms with Gasteiger partial charge in [0, 0.05) is 44.6 Å².